The van der Waals surface area contributed by atoms with E-state index in [-0.39, 0.29) is 0 Å². The third-order valence-electron chi connectivity index (χ3n) is 11.9. The maximum Gasteiger partial charge on any atom is 0.227 e. The fraction of sp³-hybridized carbons (Fsp3) is 0.0179. The van der Waals surface area contributed by atoms with Crippen LogP contribution in [-0.4, -0.2) is 9.55 Å². The zero-order valence-corrected chi connectivity index (χ0v) is 33.1. The second-order valence-corrected chi connectivity index (χ2v) is 15.4. The summed E-state index contributed by atoms with van der Waals surface area (Å²) in [6, 6.07) is 66.0. The van der Waals surface area contributed by atoms with Crippen LogP contribution in [0.1, 0.15) is 12.0 Å². The van der Waals surface area contributed by atoms with E-state index in [1.807, 2.05) is 36.4 Å². The average Bonchev–Trinajstić information content (AvgIpc) is 3.95. The Bertz CT molecular complexity index is 3550. The highest BCUT2D eigenvalue weighted by molar-refractivity contribution is 6.16. The largest absolute Gasteiger partial charge is 0.455 e. The molecule has 8 aromatic carbocycles. The zero-order chi connectivity index (χ0) is 40.3. The molecule has 0 radical (unpaired) electrons. The Morgan fingerprint density at radius 3 is 2.03 bits per heavy atom. The summed E-state index contributed by atoms with van der Waals surface area (Å²) in [4.78, 5) is 7.33. The maximum atomic E-state index is 6.71. The molecule has 1 aliphatic carbocycles. The van der Waals surface area contributed by atoms with E-state index in [1.165, 1.54) is 16.3 Å². The van der Waals surface area contributed by atoms with Gasteiger partial charge >= 0.3 is 0 Å². The van der Waals surface area contributed by atoms with E-state index in [2.05, 4.69) is 185 Å². The zero-order valence-electron chi connectivity index (χ0n) is 33.1. The van der Waals surface area contributed by atoms with Crippen molar-refractivity contribution < 1.29 is 8.83 Å². The van der Waals surface area contributed by atoms with Gasteiger partial charge in [0.1, 0.15) is 16.7 Å². The molecule has 0 atom stereocenters. The Hall–Kier alpha value is -8.15. The Morgan fingerprint density at radius 2 is 1.18 bits per heavy atom. The lowest BCUT2D eigenvalue weighted by Gasteiger charge is -2.30. The summed E-state index contributed by atoms with van der Waals surface area (Å²) in [5, 5.41) is 4.46. The minimum atomic E-state index is 0.600. The van der Waals surface area contributed by atoms with Crippen LogP contribution in [0.25, 0.3) is 88.7 Å². The van der Waals surface area contributed by atoms with Crippen molar-refractivity contribution in [2.24, 2.45) is 0 Å². The first-order valence-corrected chi connectivity index (χ1v) is 20.7. The van der Waals surface area contributed by atoms with Crippen LogP contribution >= 0.6 is 0 Å². The van der Waals surface area contributed by atoms with Crippen molar-refractivity contribution in [2.45, 2.75) is 6.42 Å². The van der Waals surface area contributed by atoms with Crippen LogP contribution in [0.5, 0.6) is 0 Å². The van der Waals surface area contributed by atoms with E-state index in [0.717, 1.165) is 83.6 Å². The molecule has 0 unspecified atom stereocenters. The molecule has 0 amide bonds. The molecular formula is C56H37N3O2. The number of benzene rings is 8. The molecule has 61 heavy (non-hydrogen) atoms. The molecule has 3 heterocycles. The number of hydrogen-bond acceptors (Lipinski definition) is 4. The third kappa shape index (κ3) is 5.82. The Morgan fingerprint density at radius 1 is 0.508 bits per heavy atom. The van der Waals surface area contributed by atoms with Gasteiger partial charge < -0.3 is 18.3 Å². The smallest absolute Gasteiger partial charge is 0.227 e. The van der Waals surface area contributed by atoms with Gasteiger partial charge in [0.05, 0.1) is 22.4 Å². The first kappa shape index (κ1) is 34.9. The van der Waals surface area contributed by atoms with Crippen LogP contribution in [0.15, 0.2) is 227 Å². The van der Waals surface area contributed by atoms with Crippen molar-refractivity contribution >= 4 is 71.8 Å². The van der Waals surface area contributed by atoms with Crippen LogP contribution in [-0.2, 0) is 0 Å². The molecule has 0 aliphatic heterocycles. The molecule has 0 saturated heterocycles. The van der Waals surface area contributed by atoms with Gasteiger partial charge in [-0.1, -0.05) is 146 Å². The molecule has 1 aliphatic rings. The van der Waals surface area contributed by atoms with E-state index >= 15 is 0 Å². The summed E-state index contributed by atoms with van der Waals surface area (Å²) in [6.07, 6.45) is 9.74. The van der Waals surface area contributed by atoms with Gasteiger partial charge in [-0.15, -0.1) is 0 Å². The standard InChI is InChI=1S/C56H37N3O2/c1-4-17-37(18-5-1)42-25-10-12-29-48(42)59(51-32-16-31-50-54(51)45-26-11-13-30-49(45)58(50)40-22-8-3-9-23-40)41-24-14-21-38(33-34-41)43-27-15-28-44-46-35-47-53(36-52(46)60-55(43)44)61-56(57-47)39-19-6-2-7-20-39/h1-23,25-36H,24H2. The lowest BCUT2D eigenvalue weighted by molar-refractivity contribution is 0.617. The summed E-state index contributed by atoms with van der Waals surface area (Å²) < 4.78 is 15.3. The Labute approximate surface area is 352 Å². The molecule has 0 fully saturated rings. The number of oxazole rings is 1. The van der Waals surface area contributed by atoms with E-state index < -0.39 is 0 Å². The molecule has 0 saturated carbocycles. The normalized spacial score (nSPS) is 13.0. The predicted molar refractivity (Wildman–Crippen MR) is 251 cm³/mol. The molecule has 5 heteroatoms. The van der Waals surface area contributed by atoms with Gasteiger partial charge in [-0.2, -0.15) is 0 Å². The first-order valence-electron chi connectivity index (χ1n) is 20.7. The van der Waals surface area contributed by atoms with Crippen LogP contribution in [0.3, 0.4) is 0 Å². The third-order valence-corrected chi connectivity index (χ3v) is 11.9. The molecule has 3 aromatic heterocycles. The van der Waals surface area contributed by atoms with Crippen LogP contribution in [0, 0.1) is 0 Å². The summed E-state index contributed by atoms with van der Waals surface area (Å²) in [5.41, 5.74) is 15.3. The lowest BCUT2D eigenvalue weighted by Crippen LogP contribution is -2.17. The fourth-order valence-corrected chi connectivity index (χ4v) is 9.12. The van der Waals surface area contributed by atoms with Crippen molar-refractivity contribution in [2.75, 3.05) is 4.90 Å². The molecule has 0 bridgehead atoms. The Kier molecular flexibility index (Phi) is 8.17. The van der Waals surface area contributed by atoms with Gasteiger partial charge in [-0.05, 0) is 71.8 Å². The molecule has 11 aromatic rings. The second kappa shape index (κ2) is 14.3. The van der Waals surface area contributed by atoms with Gasteiger partial charge in [0, 0.05) is 62.1 Å². The minimum Gasteiger partial charge on any atom is -0.455 e. The Balaban J connectivity index is 1.03. The summed E-state index contributed by atoms with van der Waals surface area (Å²) in [5.74, 6) is 0.600. The topological polar surface area (TPSA) is 47.3 Å². The van der Waals surface area contributed by atoms with Crippen molar-refractivity contribution in [1.82, 2.24) is 9.55 Å². The van der Waals surface area contributed by atoms with Crippen molar-refractivity contribution in [3.05, 3.63) is 224 Å². The molecule has 288 valence electrons. The van der Waals surface area contributed by atoms with Crippen LogP contribution in [0.4, 0.5) is 11.4 Å². The highest BCUT2D eigenvalue weighted by Crippen LogP contribution is 2.46. The molecule has 5 nitrogen and oxygen atoms in total. The van der Waals surface area contributed by atoms with Gasteiger partial charge in [-0.25, -0.2) is 4.98 Å². The number of para-hydroxylation sites is 4. The number of hydrogen-bond donors (Lipinski definition) is 0. The number of nitrogens with zero attached hydrogens (tertiary/aromatic N) is 3. The first-order chi connectivity index (χ1) is 30.3. The number of aromatic nitrogens is 2. The number of furan rings is 1. The molecule has 12 rings (SSSR count). The van der Waals surface area contributed by atoms with Crippen molar-refractivity contribution in [3.63, 3.8) is 0 Å². The molecule has 0 N–H and O–H groups in total. The highest BCUT2D eigenvalue weighted by Gasteiger charge is 2.25. The van der Waals surface area contributed by atoms with E-state index in [9.17, 15) is 0 Å². The maximum absolute atomic E-state index is 6.71. The predicted octanol–water partition coefficient (Wildman–Crippen LogP) is 15.2. The van der Waals surface area contributed by atoms with Crippen LogP contribution < -0.4 is 4.90 Å². The lowest BCUT2D eigenvalue weighted by atomic mass is 10.0. The quantitative estimate of drug-likeness (QED) is 0.161. The second-order valence-electron chi connectivity index (χ2n) is 15.4. The van der Waals surface area contributed by atoms with Crippen molar-refractivity contribution in [3.8, 4) is 28.3 Å². The van der Waals surface area contributed by atoms with Gasteiger partial charge in [0.15, 0.2) is 5.58 Å². The molecule has 0 spiro atoms. The van der Waals surface area contributed by atoms with Crippen molar-refractivity contribution in [1.29, 1.82) is 0 Å². The number of anilines is 2. The highest BCUT2D eigenvalue weighted by atomic mass is 16.4. The van der Waals surface area contributed by atoms with E-state index in [0.29, 0.717) is 17.9 Å². The average molecular weight is 784 g/mol. The number of fused-ring (bicyclic) bond motifs is 7. The van der Waals surface area contributed by atoms with Gasteiger partial charge in [0.25, 0.3) is 0 Å². The van der Waals surface area contributed by atoms with E-state index in [4.69, 9.17) is 13.8 Å². The SMILES string of the molecule is C1=CC(c2cccc3c2oc2cc4oc(-c5ccccc5)nc4cc23)=CC=C(N(c2ccccc2-c2ccccc2)c2cccc3c2c2ccccc2n3-c2ccccc2)C1. The minimum absolute atomic E-state index is 0.600. The number of allylic oxidation sites excluding steroid dienone is 5. The van der Waals surface area contributed by atoms with Gasteiger partial charge in [-0.3, -0.25) is 0 Å². The van der Waals surface area contributed by atoms with E-state index in [1.54, 1.807) is 0 Å². The summed E-state index contributed by atoms with van der Waals surface area (Å²) in [7, 11) is 0. The fourth-order valence-electron chi connectivity index (χ4n) is 9.12. The summed E-state index contributed by atoms with van der Waals surface area (Å²) >= 11 is 0. The van der Waals surface area contributed by atoms with Gasteiger partial charge in [0.2, 0.25) is 5.89 Å². The molecular weight excluding hydrogens is 747 g/mol. The van der Waals surface area contributed by atoms with Crippen LogP contribution in [0.2, 0.25) is 0 Å². The summed E-state index contributed by atoms with van der Waals surface area (Å²) in [6.45, 7) is 0. The monoisotopic (exact) mass is 783 g/mol. The number of rotatable bonds is 7.